The summed E-state index contributed by atoms with van der Waals surface area (Å²) in [6, 6.07) is 25.0. The van der Waals surface area contributed by atoms with Gasteiger partial charge in [0.1, 0.15) is 5.82 Å². The first-order chi connectivity index (χ1) is 22.0. The monoisotopic (exact) mass is 623 g/mol. The van der Waals surface area contributed by atoms with Crippen LogP contribution in [0, 0.1) is 0 Å². The Labute approximate surface area is 271 Å². The molecule has 6 rings (SSSR count). The van der Waals surface area contributed by atoms with Crippen LogP contribution in [0.3, 0.4) is 0 Å². The quantitative estimate of drug-likeness (QED) is 0.239. The second kappa shape index (κ2) is 14.6. The van der Waals surface area contributed by atoms with Crippen molar-refractivity contribution in [3.63, 3.8) is 0 Å². The Balaban J connectivity index is 1.18. The lowest BCUT2D eigenvalue weighted by molar-refractivity contribution is 0.0911. The number of pyridine rings is 1. The van der Waals surface area contributed by atoms with Crippen LogP contribution in [0.1, 0.15) is 33.8 Å². The van der Waals surface area contributed by atoms with Gasteiger partial charge < -0.3 is 25.3 Å². The molecular weight excluding hydrogens is 579 g/mol. The van der Waals surface area contributed by atoms with Crippen molar-refractivity contribution < 1.29 is 4.79 Å². The van der Waals surface area contributed by atoms with Crippen LogP contribution in [-0.2, 0) is 6.42 Å². The fourth-order valence-corrected chi connectivity index (χ4v) is 7.17. The average Bonchev–Trinajstić information content (AvgIpc) is 3.57. The van der Waals surface area contributed by atoms with Crippen LogP contribution < -0.4 is 15.5 Å². The molecule has 0 radical (unpaired) electrons. The molecule has 0 saturated carbocycles. The van der Waals surface area contributed by atoms with E-state index in [0.717, 1.165) is 103 Å². The predicted octanol–water partition coefficient (Wildman–Crippen LogP) is 5.59. The number of hydrogen-bond donors (Lipinski definition) is 2. The highest BCUT2D eigenvalue weighted by atomic mass is 32.1. The fourth-order valence-electron chi connectivity index (χ4n) is 6.21. The van der Waals surface area contributed by atoms with E-state index in [4.69, 9.17) is 4.98 Å². The van der Waals surface area contributed by atoms with Gasteiger partial charge in [-0.3, -0.25) is 9.69 Å². The number of thiophene rings is 1. The van der Waals surface area contributed by atoms with Crippen LogP contribution in [-0.4, -0.2) is 98.6 Å². The largest absolute Gasteiger partial charge is 0.369 e. The topological polar surface area (TPSA) is 67.0 Å². The second-order valence-corrected chi connectivity index (χ2v) is 13.3. The zero-order valence-corrected chi connectivity index (χ0v) is 27.5. The van der Waals surface area contributed by atoms with E-state index >= 15 is 0 Å². The molecule has 9 heteroatoms. The summed E-state index contributed by atoms with van der Waals surface area (Å²) in [4.78, 5) is 29.8. The number of benzene rings is 2. The lowest BCUT2D eigenvalue weighted by Crippen LogP contribution is -2.47. The number of likely N-dealkylation sites (N-methyl/N-ethyl adjacent to an activating group) is 2. The molecule has 8 nitrogen and oxygen atoms in total. The minimum atomic E-state index is -0.0720. The van der Waals surface area contributed by atoms with Crippen LogP contribution >= 0.6 is 11.3 Å². The Hall–Kier alpha value is -3.76. The SMILES string of the molecule is CCc1c(-c2ccc(C(=O)NC(CN3CCN(C)CC3)c3ccccc3)s2)ccnc1Nc1cccc(N2CCN(C)CC2)c1. The van der Waals surface area contributed by atoms with Gasteiger partial charge in [0.25, 0.3) is 5.91 Å². The van der Waals surface area contributed by atoms with Crippen LogP contribution in [0.4, 0.5) is 17.2 Å². The number of nitrogens with one attached hydrogen (secondary N) is 2. The van der Waals surface area contributed by atoms with Gasteiger partial charge in [-0.2, -0.15) is 0 Å². The number of carbonyl (C=O) groups is 1. The minimum Gasteiger partial charge on any atom is -0.369 e. The minimum absolute atomic E-state index is 0.0274. The fraction of sp³-hybridized carbons (Fsp3) is 0.389. The van der Waals surface area contributed by atoms with Crippen LogP contribution in [0.25, 0.3) is 10.4 Å². The Morgan fingerprint density at radius 3 is 2.33 bits per heavy atom. The van der Waals surface area contributed by atoms with E-state index in [0.29, 0.717) is 0 Å². The normalized spacial score (nSPS) is 17.3. The molecule has 2 N–H and O–H groups in total. The maximum absolute atomic E-state index is 13.7. The third-order valence-electron chi connectivity index (χ3n) is 9.03. The molecule has 236 valence electrons. The number of hydrogen-bond acceptors (Lipinski definition) is 8. The van der Waals surface area contributed by atoms with Crippen molar-refractivity contribution in [2.24, 2.45) is 0 Å². The van der Waals surface area contributed by atoms with Crippen LogP contribution in [0.2, 0.25) is 0 Å². The molecular formula is C36H45N7OS. The van der Waals surface area contributed by atoms with E-state index in [9.17, 15) is 4.79 Å². The third-order valence-corrected chi connectivity index (χ3v) is 10.1. The first kappa shape index (κ1) is 31.2. The van der Waals surface area contributed by atoms with Gasteiger partial charge in [-0.15, -0.1) is 11.3 Å². The van der Waals surface area contributed by atoms with Crippen LogP contribution in [0.15, 0.2) is 79.0 Å². The Morgan fingerprint density at radius 2 is 1.60 bits per heavy atom. The molecule has 4 aromatic rings. The maximum atomic E-state index is 13.7. The van der Waals surface area contributed by atoms with Crippen molar-refractivity contribution in [1.82, 2.24) is 25.0 Å². The molecule has 1 unspecified atom stereocenters. The summed E-state index contributed by atoms with van der Waals surface area (Å²) in [6.45, 7) is 11.3. The van der Waals surface area contributed by atoms with Gasteiger partial charge in [0.15, 0.2) is 0 Å². The van der Waals surface area contributed by atoms with Gasteiger partial charge in [0.2, 0.25) is 0 Å². The van der Waals surface area contributed by atoms with Gasteiger partial charge in [0, 0.05) is 92.5 Å². The van der Waals surface area contributed by atoms with E-state index in [2.05, 4.69) is 99.8 Å². The van der Waals surface area contributed by atoms with Crippen LogP contribution in [0.5, 0.6) is 0 Å². The van der Waals surface area contributed by atoms with E-state index in [1.807, 2.05) is 30.5 Å². The summed E-state index contributed by atoms with van der Waals surface area (Å²) in [5, 5.41) is 6.97. The predicted molar refractivity (Wildman–Crippen MR) is 187 cm³/mol. The zero-order chi connectivity index (χ0) is 31.2. The second-order valence-electron chi connectivity index (χ2n) is 12.2. The Morgan fingerprint density at radius 1 is 0.867 bits per heavy atom. The molecule has 2 fully saturated rings. The zero-order valence-electron chi connectivity index (χ0n) is 26.7. The molecule has 4 heterocycles. The number of aromatic nitrogens is 1. The summed E-state index contributed by atoms with van der Waals surface area (Å²) in [7, 11) is 4.35. The molecule has 2 aliphatic heterocycles. The van der Waals surface area contributed by atoms with Crippen molar-refractivity contribution >= 4 is 34.4 Å². The van der Waals surface area contributed by atoms with E-state index in [1.54, 1.807) is 11.3 Å². The number of anilines is 3. The van der Waals surface area contributed by atoms with Crippen molar-refractivity contribution in [2.45, 2.75) is 19.4 Å². The van der Waals surface area contributed by atoms with Crippen molar-refractivity contribution in [3.05, 3.63) is 95.0 Å². The molecule has 0 spiro atoms. The molecule has 2 aliphatic rings. The van der Waals surface area contributed by atoms with Gasteiger partial charge >= 0.3 is 0 Å². The van der Waals surface area contributed by atoms with Gasteiger partial charge in [-0.25, -0.2) is 4.98 Å². The molecule has 0 bridgehead atoms. The van der Waals surface area contributed by atoms with E-state index in [1.165, 1.54) is 5.69 Å². The highest BCUT2D eigenvalue weighted by molar-refractivity contribution is 7.17. The number of carbonyl (C=O) groups excluding carboxylic acids is 1. The lowest BCUT2D eigenvalue weighted by Gasteiger charge is -2.35. The summed E-state index contributed by atoms with van der Waals surface area (Å²) in [6.07, 6.45) is 2.69. The standard InChI is InChI=1S/C36H45N7OS/c1-4-30-31(15-16-37-35(30)38-28-11-8-12-29(25-28)43-23-19-41(3)20-24-43)33-13-14-34(45-33)36(44)39-32(27-9-6-5-7-10-27)26-42-21-17-40(2)18-22-42/h5-16,25,32H,4,17-24,26H2,1-3H3,(H,37,38)(H,39,44). The average molecular weight is 624 g/mol. The van der Waals surface area contributed by atoms with E-state index in [-0.39, 0.29) is 11.9 Å². The Bertz CT molecular complexity index is 1560. The molecule has 45 heavy (non-hydrogen) atoms. The number of amides is 1. The molecule has 0 aliphatic carbocycles. The van der Waals surface area contributed by atoms with Gasteiger partial charge in [0.05, 0.1) is 10.9 Å². The summed E-state index contributed by atoms with van der Waals surface area (Å²) in [5.41, 5.74) is 5.66. The number of rotatable bonds is 10. The lowest BCUT2D eigenvalue weighted by atomic mass is 10.0. The molecule has 2 aromatic carbocycles. The number of nitrogens with zero attached hydrogens (tertiary/aromatic N) is 5. The summed E-state index contributed by atoms with van der Waals surface area (Å²) < 4.78 is 0. The summed E-state index contributed by atoms with van der Waals surface area (Å²) in [5.74, 6) is 0.835. The smallest absolute Gasteiger partial charge is 0.261 e. The highest BCUT2D eigenvalue weighted by Crippen LogP contribution is 2.35. The van der Waals surface area contributed by atoms with Gasteiger partial charge in [-0.05, 0) is 62.5 Å². The molecule has 2 saturated heterocycles. The maximum Gasteiger partial charge on any atom is 0.261 e. The first-order valence-electron chi connectivity index (χ1n) is 16.1. The van der Waals surface area contributed by atoms with E-state index < -0.39 is 0 Å². The van der Waals surface area contributed by atoms with Crippen molar-refractivity contribution in [2.75, 3.05) is 83.2 Å². The first-order valence-corrected chi connectivity index (χ1v) is 16.9. The molecule has 1 atom stereocenters. The molecule has 2 aromatic heterocycles. The number of piperazine rings is 2. The highest BCUT2D eigenvalue weighted by Gasteiger charge is 2.23. The third kappa shape index (κ3) is 7.73. The van der Waals surface area contributed by atoms with Crippen molar-refractivity contribution in [3.8, 4) is 10.4 Å². The Kier molecular flexibility index (Phi) is 10.1. The van der Waals surface area contributed by atoms with Crippen molar-refractivity contribution in [1.29, 1.82) is 0 Å². The summed E-state index contributed by atoms with van der Waals surface area (Å²) >= 11 is 1.55. The molecule has 1 amide bonds. The van der Waals surface area contributed by atoms with Gasteiger partial charge in [-0.1, -0.05) is 43.3 Å².